The molecule has 144 valence electrons. The molecule has 4 aromatic rings. The van der Waals surface area contributed by atoms with Gasteiger partial charge in [0.25, 0.3) is 5.56 Å². The van der Waals surface area contributed by atoms with E-state index in [9.17, 15) is 9.18 Å². The quantitative estimate of drug-likeness (QED) is 0.513. The molecule has 0 N–H and O–H groups in total. The third-order valence-corrected chi connectivity index (χ3v) is 4.61. The molecule has 0 saturated carbocycles. The van der Waals surface area contributed by atoms with Gasteiger partial charge in [-0.1, -0.05) is 12.1 Å². The van der Waals surface area contributed by atoms with Gasteiger partial charge in [0, 0.05) is 33.2 Å². The molecule has 0 spiro atoms. The molecule has 0 aliphatic heterocycles. The van der Waals surface area contributed by atoms with Crippen molar-refractivity contribution >= 4 is 16.6 Å². The summed E-state index contributed by atoms with van der Waals surface area (Å²) in [7, 11) is 3.17. The Hall–Kier alpha value is -3.10. The van der Waals surface area contributed by atoms with Crippen LogP contribution in [0.25, 0.3) is 27.7 Å². The summed E-state index contributed by atoms with van der Waals surface area (Å²) in [5.74, 6) is -0.316. The molecule has 0 bridgehead atoms. The molecule has 3 aromatic heterocycles. The number of pyridine rings is 1. The lowest BCUT2D eigenvalue weighted by molar-refractivity contribution is 0.181. The highest BCUT2D eigenvalue weighted by molar-refractivity contribution is 5.86. The molecular weight excluding hydrogens is 363 g/mol. The van der Waals surface area contributed by atoms with Gasteiger partial charge >= 0.3 is 0 Å². The van der Waals surface area contributed by atoms with Crippen molar-refractivity contribution < 1.29 is 13.9 Å². The Labute approximate surface area is 160 Å². The lowest BCUT2D eigenvalue weighted by Gasteiger charge is -2.07. The number of aromatic nitrogens is 4. The summed E-state index contributed by atoms with van der Waals surface area (Å²) in [5.41, 5.74) is 3.28. The molecule has 0 aliphatic rings. The summed E-state index contributed by atoms with van der Waals surface area (Å²) in [4.78, 5) is 17.3. The second-order valence-corrected chi connectivity index (χ2v) is 6.36. The van der Waals surface area contributed by atoms with E-state index < -0.39 is 0 Å². The van der Waals surface area contributed by atoms with Crippen LogP contribution in [0.2, 0.25) is 0 Å². The van der Waals surface area contributed by atoms with Gasteiger partial charge in [0.2, 0.25) is 0 Å². The Kier molecular flexibility index (Phi) is 4.89. The predicted molar refractivity (Wildman–Crippen MR) is 103 cm³/mol. The summed E-state index contributed by atoms with van der Waals surface area (Å²) in [5, 5.41) is 5.09. The van der Waals surface area contributed by atoms with Crippen molar-refractivity contribution in [3.8, 4) is 11.1 Å². The molecule has 0 unspecified atom stereocenters. The van der Waals surface area contributed by atoms with Gasteiger partial charge in [-0.3, -0.25) is 4.79 Å². The summed E-state index contributed by atoms with van der Waals surface area (Å²) in [6.07, 6.45) is 3.28. The predicted octanol–water partition coefficient (Wildman–Crippen LogP) is 2.64. The monoisotopic (exact) mass is 382 g/mol. The van der Waals surface area contributed by atoms with Crippen molar-refractivity contribution in [2.24, 2.45) is 0 Å². The molecule has 8 heteroatoms. The van der Waals surface area contributed by atoms with E-state index in [1.54, 1.807) is 47.8 Å². The minimum atomic E-state index is -0.316. The lowest BCUT2D eigenvalue weighted by atomic mass is 10.1. The zero-order chi connectivity index (χ0) is 19.7. The first-order valence-electron chi connectivity index (χ1n) is 8.77. The van der Waals surface area contributed by atoms with E-state index in [4.69, 9.17) is 9.47 Å². The summed E-state index contributed by atoms with van der Waals surface area (Å²) in [6.45, 7) is 1.16. The van der Waals surface area contributed by atoms with Crippen LogP contribution < -0.4 is 5.56 Å². The average molecular weight is 382 g/mol. The van der Waals surface area contributed by atoms with Crippen molar-refractivity contribution in [1.29, 1.82) is 0 Å². The second kappa shape index (κ2) is 7.49. The van der Waals surface area contributed by atoms with Crippen LogP contribution in [0.1, 0.15) is 5.69 Å². The van der Waals surface area contributed by atoms with Gasteiger partial charge in [0.05, 0.1) is 35.4 Å². The van der Waals surface area contributed by atoms with Crippen LogP contribution in [-0.4, -0.2) is 40.0 Å². The summed E-state index contributed by atoms with van der Waals surface area (Å²) in [6, 6.07) is 7.98. The number of hydrogen-bond acceptors (Lipinski definition) is 5. The Morgan fingerprint density at radius 1 is 1.11 bits per heavy atom. The van der Waals surface area contributed by atoms with Gasteiger partial charge in [-0.15, -0.1) is 0 Å². The van der Waals surface area contributed by atoms with Gasteiger partial charge in [-0.25, -0.2) is 13.9 Å². The average Bonchev–Trinajstić information content (AvgIpc) is 3.07. The fourth-order valence-electron chi connectivity index (χ4n) is 3.27. The van der Waals surface area contributed by atoms with E-state index in [0.29, 0.717) is 35.4 Å². The maximum absolute atomic E-state index is 13.4. The molecule has 1 aromatic carbocycles. The zero-order valence-electron chi connectivity index (χ0n) is 15.6. The molecule has 7 nitrogen and oxygen atoms in total. The maximum Gasteiger partial charge on any atom is 0.261 e. The van der Waals surface area contributed by atoms with Crippen LogP contribution in [0.3, 0.4) is 0 Å². The fraction of sp³-hybridized carbons (Fsp3) is 0.250. The van der Waals surface area contributed by atoms with Crippen molar-refractivity contribution in [1.82, 2.24) is 19.2 Å². The van der Waals surface area contributed by atoms with E-state index in [1.807, 2.05) is 6.07 Å². The van der Waals surface area contributed by atoms with E-state index in [-0.39, 0.29) is 18.0 Å². The van der Waals surface area contributed by atoms with Crippen molar-refractivity contribution in [3.05, 3.63) is 64.6 Å². The maximum atomic E-state index is 13.4. The highest BCUT2D eigenvalue weighted by atomic mass is 19.1. The number of fused-ring (bicyclic) bond motifs is 3. The number of benzene rings is 1. The van der Waals surface area contributed by atoms with Gasteiger partial charge in [0.1, 0.15) is 5.82 Å². The molecule has 28 heavy (non-hydrogen) atoms. The minimum absolute atomic E-state index is 0.156. The largest absolute Gasteiger partial charge is 0.383 e. The second-order valence-electron chi connectivity index (χ2n) is 6.36. The number of hydrogen-bond donors (Lipinski definition) is 0. The first-order chi connectivity index (χ1) is 13.6. The molecule has 4 rings (SSSR count). The van der Waals surface area contributed by atoms with Crippen molar-refractivity contribution in [2.75, 3.05) is 20.8 Å². The number of ether oxygens (including phenoxy) is 2. The number of rotatable bonds is 6. The van der Waals surface area contributed by atoms with Crippen LogP contribution in [0.15, 0.2) is 47.5 Å². The summed E-state index contributed by atoms with van der Waals surface area (Å²) < 4.78 is 26.9. The smallest absolute Gasteiger partial charge is 0.261 e. The van der Waals surface area contributed by atoms with E-state index in [1.165, 1.54) is 12.1 Å². The number of methoxy groups -OCH3 is 2. The van der Waals surface area contributed by atoms with Crippen LogP contribution in [0.5, 0.6) is 0 Å². The molecule has 0 radical (unpaired) electrons. The third-order valence-electron chi connectivity index (χ3n) is 4.61. The topological polar surface area (TPSA) is 70.7 Å². The fourth-order valence-corrected chi connectivity index (χ4v) is 3.27. The van der Waals surface area contributed by atoms with Crippen LogP contribution in [-0.2, 0) is 22.6 Å². The first kappa shape index (κ1) is 18.3. The van der Waals surface area contributed by atoms with Gasteiger partial charge < -0.3 is 14.0 Å². The molecule has 0 fully saturated rings. The lowest BCUT2D eigenvalue weighted by Crippen LogP contribution is -2.22. The Bertz CT molecular complexity index is 1200. The van der Waals surface area contributed by atoms with Gasteiger partial charge in [-0.2, -0.15) is 5.10 Å². The Morgan fingerprint density at radius 2 is 1.89 bits per heavy atom. The molecule has 3 heterocycles. The Morgan fingerprint density at radius 3 is 2.61 bits per heavy atom. The third kappa shape index (κ3) is 3.06. The van der Waals surface area contributed by atoms with E-state index in [0.717, 1.165) is 11.1 Å². The molecule has 0 saturated heterocycles. The molecular formula is C20H19FN4O3. The first-order valence-corrected chi connectivity index (χ1v) is 8.77. The highest BCUT2D eigenvalue weighted by Crippen LogP contribution is 2.29. The van der Waals surface area contributed by atoms with Crippen molar-refractivity contribution in [2.45, 2.75) is 13.2 Å². The van der Waals surface area contributed by atoms with E-state index >= 15 is 0 Å². The Balaban J connectivity index is 1.96. The SMILES string of the molecule is COCCn1ccc2c(cnc3c(-c4ccc(F)cc4)c(COC)nn32)c1=O. The zero-order valence-corrected chi connectivity index (χ0v) is 15.6. The normalized spacial score (nSPS) is 11.5. The van der Waals surface area contributed by atoms with Crippen LogP contribution in [0.4, 0.5) is 4.39 Å². The highest BCUT2D eigenvalue weighted by Gasteiger charge is 2.18. The van der Waals surface area contributed by atoms with Crippen molar-refractivity contribution in [3.63, 3.8) is 0 Å². The summed E-state index contributed by atoms with van der Waals surface area (Å²) >= 11 is 0. The molecule has 0 atom stereocenters. The molecule has 0 aliphatic carbocycles. The van der Waals surface area contributed by atoms with E-state index in [2.05, 4.69) is 10.1 Å². The van der Waals surface area contributed by atoms with Gasteiger partial charge in [-0.05, 0) is 23.8 Å². The number of halogens is 1. The molecule has 0 amide bonds. The standard InChI is InChI=1S/C20H19FN4O3/c1-27-10-9-24-8-7-17-15(20(24)26)11-22-19-18(13-3-5-14(21)6-4-13)16(12-28-2)23-25(17)19/h3-8,11H,9-10,12H2,1-2H3. The van der Waals surface area contributed by atoms with Crippen LogP contribution in [0, 0.1) is 5.82 Å². The van der Waals surface area contributed by atoms with Crippen LogP contribution >= 0.6 is 0 Å². The minimum Gasteiger partial charge on any atom is -0.383 e. The van der Waals surface area contributed by atoms with Gasteiger partial charge in [0.15, 0.2) is 5.65 Å². The number of nitrogens with zero attached hydrogens (tertiary/aromatic N) is 4.